The lowest BCUT2D eigenvalue weighted by Gasteiger charge is -2.11. The predicted octanol–water partition coefficient (Wildman–Crippen LogP) is 2.60. The van der Waals surface area contributed by atoms with Crippen LogP contribution < -0.4 is 5.32 Å². The van der Waals surface area contributed by atoms with Crippen LogP contribution in [0.25, 0.3) is 0 Å². The first kappa shape index (κ1) is 12.0. The Morgan fingerprint density at radius 3 is 2.53 bits per heavy atom. The Kier molecular flexibility index (Phi) is 3.39. The van der Waals surface area contributed by atoms with Crippen LogP contribution in [0.15, 0.2) is 24.3 Å². The lowest BCUT2D eigenvalue weighted by molar-refractivity contribution is -0.117. The Hall–Kier alpha value is -1.47. The number of carbonyl (C=O) groups excluding carboxylic acids is 1. The molecule has 0 radical (unpaired) electrons. The molecule has 1 aliphatic carbocycles. The monoisotopic (exact) mass is 246 g/mol. The number of nitriles is 1. The average molecular weight is 246 g/mol. The summed E-state index contributed by atoms with van der Waals surface area (Å²) in [4.78, 5) is 11.8. The van der Waals surface area contributed by atoms with E-state index in [4.69, 9.17) is 5.26 Å². The number of hydrogen-bond donors (Lipinski definition) is 2. The first-order chi connectivity index (χ1) is 8.17. The Balaban J connectivity index is 1.92. The number of thiol groups is 1. The lowest BCUT2D eigenvalue weighted by atomic mass is 10.1. The SMILES string of the molecule is N#Cc1ccc(NC(=O)CC2(CS)CC2)cc1. The van der Waals surface area contributed by atoms with Gasteiger partial charge in [-0.15, -0.1) is 0 Å². The largest absolute Gasteiger partial charge is 0.326 e. The van der Waals surface area contributed by atoms with E-state index in [0.29, 0.717) is 12.0 Å². The third kappa shape index (κ3) is 3.01. The molecule has 1 aromatic rings. The molecule has 1 aliphatic rings. The molecular weight excluding hydrogens is 232 g/mol. The molecule has 0 unspecified atom stereocenters. The number of benzene rings is 1. The van der Waals surface area contributed by atoms with E-state index >= 15 is 0 Å². The molecule has 1 aromatic carbocycles. The summed E-state index contributed by atoms with van der Waals surface area (Å²) < 4.78 is 0. The van der Waals surface area contributed by atoms with E-state index in [1.54, 1.807) is 24.3 Å². The molecule has 0 bridgehead atoms. The fourth-order valence-corrected chi connectivity index (χ4v) is 2.17. The molecule has 0 saturated heterocycles. The number of nitrogens with one attached hydrogen (secondary N) is 1. The molecule has 0 aromatic heterocycles. The minimum Gasteiger partial charge on any atom is -0.326 e. The molecule has 3 nitrogen and oxygen atoms in total. The van der Waals surface area contributed by atoms with E-state index in [1.165, 1.54) is 0 Å². The van der Waals surface area contributed by atoms with Gasteiger partial charge in [0, 0.05) is 12.1 Å². The topological polar surface area (TPSA) is 52.9 Å². The molecule has 0 heterocycles. The minimum absolute atomic E-state index is 0.0289. The number of hydrogen-bond acceptors (Lipinski definition) is 3. The summed E-state index contributed by atoms with van der Waals surface area (Å²) in [5.41, 5.74) is 1.47. The molecule has 0 spiro atoms. The zero-order chi connectivity index (χ0) is 12.3. The average Bonchev–Trinajstić information content (AvgIpc) is 3.10. The van der Waals surface area contributed by atoms with E-state index in [0.717, 1.165) is 24.3 Å². The van der Waals surface area contributed by atoms with Gasteiger partial charge in [-0.1, -0.05) is 0 Å². The molecule has 1 N–H and O–H groups in total. The van der Waals surface area contributed by atoms with Crippen molar-refractivity contribution in [2.24, 2.45) is 5.41 Å². The first-order valence-corrected chi connectivity index (χ1v) is 6.22. The van der Waals surface area contributed by atoms with Gasteiger partial charge in [-0.2, -0.15) is 17.9 Å². The summed E-state index contributed by atoms with van der Waals surface area (Å²) >= 11 is 4.27. The quantitative estimate of drug-likeness (QED) is 0.802. The van der Waals surface area contributed by atoms with Gasteiger partial charge in [0.15, 0.2) is 0 Å². The van der Waals surface area contributed by atoms with Crippen LogP contribution in [0.4, 0.5) is 5.69 Å². The van der Waals surface area contributed by atoms with Crippen molar-refractivity contribution in [1.82, 2.24) is 0 Å². The van der Waals surface area contributed by atoms with Crippen molar-refractivity contribution in [1.29, 1.82) is 5.26 Å². The fourth-order valence-electron chi connectivity index (χ4n) is 1.74. The van der Waals surface area contributed by atoms with Crippen molar-refractivity contribution >= 4 is 24.2 Å². The van der Waals surface area contributed by atoms with E-state index in [-0.39, 0.29) is 11.3 Å². The van der Waals surface area contributed by atoms with E-state index in [1.807, 2.05) is 6.07 Å². The maximum absolute atomic E-state index is 11.8. The smallest absolute Gasteiger partial charge is 0.224 e. The number of rotatable bonds is 4. The van der Waals surface area contributed by atoms with Crippen molar-refractivity contribution in [3.8, 4) is 6.07 Å². The Bertz CT molecular complexity index is 457. The molecule has 2 rings (SSSR count). The number of anilines is 1. The van der Waals surface area contributed by atoms with Crippen molar-refractivity contribution in [3.05, 3.63) is 29.8 Å². The van der Waals surface area contributed by atoms with E-state index in [9.17, 15) is 4.79 Å². The van der Waals surface area contributed by atoms with E-state index < -0.39 is 0 Å². The summed E-state index contributed by atoms with van der Waals surface area (Å²) in [5, 5.41) is 11.5. The maximum atomic E-state index is 11.8. The summed E-state index contributed by atoms with van der Waals surface area (Å²) in [7, 11) is 0. The number of amides is 1. The Labute approximate surface area is 106 Å². The first-order valence-electron chi connectivity index (χ1n) is 5.58. The maximum Gasteiger partial charge on any atom is 0.224 e. The van der Waals surface area contributed by atoms with Gasteiger partial charge >= 0.3 is 0 Å². The molecule has 88 valence electrons. The Morgan fingerprint density at radius 1 is 1.41 bits per heavy atom. The molecule has 1 fully saturated rings. The summed E-state index contributed by atoms with van der Waals surface area (Å²) in [6, 6.07) is 8.93. The van der Waals surface area contributed by atoms with Crippen molar-refractivity contribution in [3.63, 3.8) is 0 Å². The van der Waals surface area contributed by atoms with Crippen LogP contribution in [-0.2, 0) is 4.79 Å². The van der Waals surface area contributed by atoms with Gasteiger partial charge in [0.05, 0.1) is 11.6 Å². The fraction of sp³-hybridized carbons (Fsp3) is 0.385. The minimum atomic E-state index is 0.0289. The Morgan fingerprint density at radius 2 is 2.06 bits per heavy atom. The lowest BCUT2D eigenvalue weighted by Crippen LogP contribution is -2.18. The van der Waals surface area contributed by atoms with Crippen LogP contribution in [0.1, 0.15) is 24.8 Å². The molecule has 4 heteroatoms. The molecule has 1 amide bonds. The normalized spacial score (nSPS) is 16.0. The highest BCUT2D eigenvalue weighted by Gasteiger charge is 2.42. The predicted molar refractivity (Wildman–Crippen MR) is 69.9 cm³/mol. The highest BCUT2D eigenvalue weighted by atomic mass is 32.1. The summed E-state index contributed by atoms with van der Waals surface area (Å²) in [5.74, 6) is 0.801. The second-order valence-electron chi connectivity index (χ2n) is 4.57. The van der Waals surface area contributed by atoms with Gasteiger partial charge in [0.25, 0.3) is 0 Å². The number of carbonyl (C=O) groups is 1. The van der Waals surface area contributed by atoms with Crippen LogP contribution in [0, 0.1) is 16.7 Å². The van der Waals surface area contributed by atoms with Gasteiger partial charge in [-0.3, -0.25) is 4.79 Å². The van der Waals surface area contributed by atoms with Crippen molar-refractivity contribution in [2.75, 3.05) is 11.1 Å². The highest BCUT2D eigenvalue weighted by Crippen LogP contribution is 2.49. The molecule has 0 atom stereocenters. The molecule has 17 heavy (non-hydrogen) atoms. The molecular formula is C13H14N2OS. The van der Waals surface area contributed by atoms with Gasteiger partial charge in [0.1, 0.15) is 0 Å². The summed E-state index contributed by atoms with van der Waals surface area (Å²) in [6.07, 6.45) is 2.73. The van der Waals surface area contributed by atoms with E-state index in [2.05, 4.69) is 17.9 Å². The van der Waals surface area contributed by atoms with Crippen molar-refractivity contribution < 1.29 is 4.79 Å². The second kappa shape index (κ2) is 4.80. The van der Waals surface area contributed by atoms with Gasteiger partial charge in [0.2, 0.25) is 5.91 Å². The zero-order valence-corrected chi connectivity index (χ0v) is 10.3. The van der Waals surface area contributed by atoms with Gasteiger partial charge in [-0.25, -0.2) is 0 Å². The standard InChI is InChI=1S/C13H14N2OS/c14-8-10-1-3-11(4-2-10)15-12(16)7-13(9-17)5-6-13/h1-4,17H,5-7,9H2,(H,15,16). The van der Waals surface area contributed by atoms with Crippen molar-refractivity contribution in [2.45, 2.75) is 19.3 Å². The van der Waals surface area contributed by atoms with Crippen LogP contribution in [0.5, 0.6) is 0 Å². The second-order valence-corrected chi connectivity index (χ2v) is 4.89. The zero-order valence-electron chi connectivity index (χ0n) is 9.44. The van der Waals surface area contributed by atoms with Crippen LogP contribution in [0.2, 0.25) is 0 Å². The number of nitrogens with zero attached hydrogens (tertiary/aromatic N) is 1. The summed E-state index contributed by atoms with van der Waals surface area (Å²) in [6.45, 7) is 0. The highest BCUT2D eigenvalue weighted by molar-refractivity contribution is 7.80. The third-order valence-corrected chi connectivity index (χ3v) is 3.80. The van der Waals surface area contributed by atoms with Crippen LogP contribution >= 0.6 is 12.6 Å². The van der Waals surface area contributed by atoms with Crippen LogP contribution in [-0.4, -0.2) is 11.7 Å². The van der Waals surface area contributed by atoms with Crippen LogP contribution in [0.3, 0.4) is 0 Å². The van der Waals surface area contributed by atoms with Gasteiger partial charge in [-0.05, 0) is 48.3 Å². The van der Waals surface area contributed by atoms with Gasteiger partial charge < -0.3 is 5.32 Å². The molecule has 1 saturated carbocycles. The molecule has 0 aliphatic heterocycles. The third-order valence-electron chi connectivity index (χ3n) is 3.13.